The highest BCUT2D eigenvalue weighted by molar-refractivity contribution is 5.32. The van der Waals surface area contributed by atoms with E-state index in [1.54, 1.807) is 7.11 Å². The summed E-state index contributed by atoms with van der Waals surface area (Å²) in [7, 11) is 5.43. The molecule has 0 amide bonds. The molecule has 4 nitrogen and oxygen atoms in total. The van der Waals surface area contributed by atoms with Crippen LogP contribution in [-0.2, 0) is 6.42 Å². The summed E-state index contributed by atoms with van der Waals surface area (Å²) in [4.78, 5) is 10.4. The molecule has 0 saturated heterocycles. The molecular weight excluding hydrogens is 166 g/mol. The van der Waals surface area contributed by atoms with Crippen molar-refractivity contribution < 1.29 is 4.74 Å². The van der Waals surface area contributed by atoms with Gasteiger partial charge in [0.15, 0.2) is 0 Å². The minimum absolute atomic E-state index is 0.621. The lowest BCUT2D eigenvalue weighted by Gasteiger charge is -2.12. The lowest BCUT2D eigenvalue weighted by atomic mass is 10.3. The summed E-state index contributed by atoms with van der Waals surface area (Å²) in [6.07, 6.45) is 0.889. The molecule has 0 atom stereocenters. The summed E-state index contributed by atoms with van der Waals surface area (Å²) in [5.41, 5.74) is 0.996. The number of hydrogen-bond acceptors (Lipinski definition) is 4. The number of anilines is 1. The van der Waals surface area contributed by atoms with Crippen LogP contribution in [0.2, 0.25) is 0 Å². The molecule has 1 heterocycles. The number of aryl methyl sites for hydroxylation is 1. The molecule has 0 N–H and O–H groups in total. The van der Waals surface area contributed by atoms with Crippen LogP contribution in [0.25, 0.3) is 0 Å². The summed E-state index contributed by atoms with van der Waals surface area (Å²) in [5.74, 6) is 1.31. The van der Waals surface area contributed by atoms with Gasteiger partial charge in [0.25, 0.3) is 0 Å². The monoisotopic (exact) mass is 181 g/mol. The van der Waals surface area contributed by atoms with Crippen LogP contribution < -0.4 is 9.64 Å². The van der Waals surface area contributed by atoms with E-state index in [1.165, 1.54) is 0 Å². The molecular formula is C9H15N3O. The normalized spacial score (nSPS) is 9.85. The van der Waals surface area contributed by atoms with Crippen LogP contribution in [0.4, 0.5) is 5.95 Å². The van der Waals surface area contributed by atoms with E-state index < -0.39 is 0 Å². The van der Waals surface area contributed by atoms with Crippen molar-refractivity contribution in [3.8, 4) is 5.88 Å². The van der Waals surface area contributed by atoms with Crippen LogP contribution >= 0.6 is 0 Å². The third-order valence-corrected chi connectivity index (χ3v) is 1.72. The molecule has 0 aliphatic rings. The van der Waals surface area contributed by atoms with Gasteiger partial charge in [0.1, 0.15) is 0 Å². The third kappa shape index (κ3) is 2.31. The van der Waals surface area contributed by atoms with Gasteiger partial charge in [0.05, 0.1) is 7.11 Å². The molecule has 0 radical (unpaired) electrons. The zero-order valence-electron chi connectivity index (χ0n) is 8.53. The fourth-order valence-corrected chi connectivity index (χ4v) is 0.945. The summed E-state index contributed by atoms with van der Waals surface area (Å²) in [6, 6.07) is 1.85. The van der Waals surface area contributed by atoms with E-state index in [4.69, 9.17) is 4.74 Å². The van der Waals surface area contributed by atoms with E-state index in [9.17, 15) is 0 Å². The van der Waals surface area contributed by atoms with Crippen molar-refractivity contribution in [2.45, 2.75) is 13.3 Å². The SMILES string of the molecule is CCc1cc(OC)nc(N(C)C)n1. The van der Waals surface area contributed by atoms with E-state index in [1.807, 2.05) is 25.1 Å². The molecule has 4 heteroatoms. The van der Waals surface area contributed by atoms with Gasteiger partial charge < -0.3 is 9.64 Å². The van der Waals surface area contributed by atoms with Gasteiger partial charge in [0.2, 0.25) is 11.8 Å². The molecule has 0 aliphatic heterocycles. The Morgan fingerprint density at radius 1 is 1.38 bits per heavy atom. The first kappa shape index (κ1) is 9.77. The summed E-state index contributed by atoms with van der Waals surface area (Å²) in [5, 5.41) is 0. The maximum absolute atomic E-state index is 5.07. The molecule has 0 aromatic carbocycles. The number of aromatic nitrogens is 2. The Balaban J connectivity index is 3.07. The highest BCUT2D eigenvalue weighted by atomic mass is 16.5. The number of ether oxygens (including phenoxy) is 1. The lowest BCUT2D eigenvalue weighted by Crippen LogP contribution is -2.14. The molecule has 72 valence electrons. The zero-order chi connectivity index (χ0) is 9.84. The minimum atomic E-state index is 0.621. The Kier molecular flexibility index (Phi) is 3.06. The molecule has 1 aromatic rings. The largest absolute Gasteiger partial charge is 0.481 e. The summed E-state index contributed by atoms with van der Waals surface area (Å²) < 4.78 is 5.07. The molecule has 1 aromatic heterocycles. The van der Waals surface area contributed by atoms with E-state index >= 15 is 0 Å². The quantitative estimate of drug-likeness (QED) is 0.700. The average Bonchev–Trinajstić information content (AvgIpc) is 2.16. The van der Waals surface area contributed by atoms with Gasteiger partial charge in [-0.1, -0.05) is 6.92 Å². The van der Waals surface area contributed by atoms with Crippen LogP contribution in [0.5, 0.6) is 5.88 Å². The number of nitrogens with zero attached hydrogens (tertiary/aromatic N) is 3. The molecule has 1 rings (SSSR count). The van der Waals surface area contributed by atoms with Gasteiger partial charge in [-0.3, -0.25) is 0 Å². The molecule has 0 spiro atoms. The van der Waals surface area contributed by atoms with Gasteiger partial charge in [-0.05, 0) is 6.42 Å². The summed E-state index contributed by atoms with van der Waals surface area (Å²) in [6.45, 7) is 2.06. The third-order valence-electron chi connectivity index (χ3n) is 1.72. The van der Waals surface area contributed by atoms with Crippen LogP contribution in [-0.4, -0.2) is 31.2 Å². The lowest BCUT2D eigenvalue weighted by molar-refractivity contribution is 0.396. The Hall–Kier alpha value is -1.32. The van der Waals surface area contributed by atoms with Crippen LogP contribution in [0.1, 0.15) is 12.6 Å². The van der Waals surface area contributed by atoms with Crippen molar-refractivity contribution in [1.29, 1.82) is 0 Å². The predicted molar refractivity (Wildman–Crippen MR) is 52.3 cm³/mol. The van der Waals surface area contributed by atoms with Crippen molar-refractivity contribution in [3.63, 3.8) is 0 Å². The topological polar surface area (TPSA) is 38.2 Å². The van der Waals surface area contributed by atoms with E-state index in [0.717, 1.165) is 12.1 Å². The zero-order valence-corrected chi connectivity index (χ0v) is 8.53. The highest BCUT2D eigenvalue weighted by Crippen LogP contribution is 2.13. The Morgan fingerprint density at radius 2 is 2.08 bits per heavy atom. The Morgan fingerprint density at radius 3 is 2.54 bits per heavy atom. The van der Waals surface area contributed by atoms with Gasteiger partial charge in [0, 0.05) is 25.9 Å². The average molecular weight is 181 g/mol. The standard InChI is InChI=1S/C9H15N3O/c1-5-7-6-8(13-4)11-9(10-7)12(2)3/h6H,5H2,1-4H3. The van der Waals surface area contributed by atoms with E-state index in [-0.39, 0.29) is 0 Å². The van der Waals surface area contributed by atoms with E-state index in [0.29, 0.717) is 11.8 Å². The number of hydrogen-bond donors (Lipinski definition) is 0. The second-order valence-corrected chi connectivity index (χ2v) is 2.95. The van der Waals surface area contributed by atoms with Crippen molar-refractivity contribution in [3.05, 3.63) is 11.8 Å². The second-order valence-electron chi connectivity index (χ2n) is 2.95. The smallest absolute Gasteiger partial charge is 0.228 e. The Labute approximate surface area is 78.6 Å². The second kappa shape index (κ2) is 4.07. The van der Waals surface area contributed by atoms with Gasteiger partial charge in [-0.25, -0.2) is 4.98 Å². The maximum Gasteiger partial charge on any atom is 0.228 e. The first-order valence-corrected chi connectivity index (χ1v) is 4.26. The first-order valence-electron chi connectivity index (χ1n) is 4.26. The molecule has 0 saturated carbocycles. The van der Waals surface area contributed by atoms with Crippen molar-refractivity contribution in [1.82, 2.24) is 9.97 Å². The fourth-order valence-electron chi connectivity index (χ4n) is 0.945. The van der Waals surface area contributed by atoms with Crippen molar-refractivity contribution in [2.75, 3.05) is 26.1 Å². The predicted octanol–water partition coefficient (Wildman–Crippen LogP) is 1.11. The number of methoxy groups -OCH3 is 1. The minimum Gasteiger partial charge on any atom is -0.481 e. The molecule has 0 bridgehead atoms. The van der Waals surface area contributed by atoms with Crippen molar-refractivity contribution in [2.24, 2.45) is 0 Å². The van der Waals surface area contributed by atoms with Gasteiger partial charge in [-0.2, -0.15) is 4.98 Å². The van der Waals surface area contributed by atoms with Crippen LogP contribution in [0.3, 0.4) is 0 Å². The Bertz CT molecular complexity index is 264. The first-order chi connectivity index (χ1) is 6.17. The maximum atomic E-state index is 5.07. The number of rotatable bonds is 3. The van der Waals surface area contributed by atoms with E-state index in [2.05, 4.69) is 16.9 Å². The fraction of sp³-hybridized carbons (Fsp3) is 0.556. The van der Waals surface area contributed by atoms with Crippen LogP contribution in [0.15, 0.2) is 6.07 Å². The van der Waals surface area contributed by atoms with Crippen LogP contribution in [0, 0.1) is 0 Å². The molecule has 0 fully saturated rings. The summed E-state index contributed by atoms with van der Waals surface area (Å²) >= 11 is 0. The highest BCUT2D eigenvalue weighted by Gasteiger charge is 2.04. The van der Waals surface area contributed by atoms with Crippen molar-refractivity contribution >= 4 is 5.95 Å². The van der Waals surface area contributed by atoms with Gasteiger partial charge >= 0.3 is 0 Å². The van der Waals surface area contributed by atoms with Gasteiger partial charge in [-0.15, -0.1) is 0 Å². The molecule has 0 unspecified atom stereocenters. The molecule has 0 aliphatic carbocycles. The molecule has 13 heavy (non-hydrogen) atoms.